The van der Waals surface area contributed by atoms with Gasteiger partial charge in [-0.25, -0.2) is 0 Å². The van der Waals surface area contributed by atoms with E-state index >= 15 is 0 Å². The smallest absolute Gasteiger partial charge is 0.196 e. The first kappa shape index (κ1) is 19.0. The maximum atomic E-state index is 4.52. The summed E-state index contributed by atoms with van der Waals surface area (Å²) >= 11 is 5.21. The zero-order chi connectivity index (χ0) is 19.2. The van der Waals surface area contributed by atoms with Crippen LogP contribution in [0.15, 0.2) is 94.6 Å². The van der Waals surface area contributed by atoms with Gasteiger partial charge in [-0.15, -0.1) is 10.2 Å². The molecule has 0 unspecified atom stereocenters. The van der Waals surface area contributed by atoms with E-state index in [4.69, 9.17) is 0 Å². The van der Waals surface area contributed by atoms with Crippen molar-refractivity contribution in [2.24, 2.45) is 0 Å². The molecule has 140 valence electrons. The Hall–Kier alpha value is -2.37. The molecule has 0 aliphatic heterocycles. The Morgan fingerprint density at radius 3 is 2.11 bits per heavy atom. The summed E-state index contributed by atoms with van der Waals surface area (Å²) in [5, 5.41) is 9.95. The van der Waals surface area contributed by atoms with Gasteiger partial charge in [-0.1, -0.05) is 88.4 Å². The van der Waals surface area contributed by atoms with Gasteiger partial charge in [0.2, 0.25) is 0 Å². The quantitative estimate of drug-likeness (QED) is 0.319. The maximum absolute atomic E-state index is 4.52. The molecule has 0 aliphatic carbocycles. The largest absolute Gasteiger partial charge is 0.274 e. The Balaban J connectivity index is 1.57. The number of hydrogen-bond donors (Lipinski definition) is 0. The highest BCUT2D eigenvalue weighted by Crippen LogP contribution is 2.26. The molecule has 4 rings (SSSR count). The summed E-state index contributed by atoms with van der Waals surface area (Å²) in [4.78, 5) is 0. The van der Waals surface area contributed by atoms with Crippen LogP contribution in [0.25, 0.3) is 5.69 Å². The molecule has 0 amide bonds. The molecule has 0 fully saturated rings. The molecule has 1 heterocycles. The lowest BCUT2D eigenvalue weighted by Gasteiger charge is -2.10. The van der Waals surface area contributed by atoms with Gasteiger partial charge in [-0.3, -0.25) is 4.57 Å². The molecule has 0 saturated carbocycles. The summed E-state index contributed by atoms with van der Waals surface area (Å²) in [7, 11) is 0. The van der Waals surface area contributed by atoms with E-state index in [2.05, 4.69) is 103 Å². The predicted octanol–water partition coefficient (Wildman–Crippen LogP) is 6.11. The zero-order valence-electron chi connectivity index (χ0n) is 15.3. The zero-order valence-corrected chi connectivity index (χ0v) is 17.7. The number of aromatic nitrogens is 3. The number of nitrogens with zero attached hydrogens (tertiary/aromatic N) is 3. The first-order valence-electron chi connectivity index (χ1n) is 9.20. The van der Waals surface area contributed by atoms with Crippen molar-refractivity contribution in [1.82, 2.24) is 14.8 Å². The van der Waals surface area contributed by atoms with Crippen molar-refractivity contribution in [2.45, 2.75) is 23.8 Å². The predicted molar refractivity (Wildman–Crippen MR) is 119 cm³/mol. The highest BCUT2D eigenvalue weighted by atomic mass is 79.9. The van der Waals surface area contributed by atoms with Gasteiger partial charge in [0.15, 0.2) is 5.16 Å². The van der Waals surface area contributed by atoms with E-state index < -0.39 is 0 Å². The second kappa shape index (κ2) is 9.22. The fraction of sp³-hybridized carbons (Fsp3) is 0.130. The molecule has 1 aromatic heterocycles. The van der Waals surface area contributed by atoms with Crippen molar-refractivity contribution in [3.8, 4) is 5.69 Å². The van der Waals surface area contributed by atoms with Crippen LogP contribution in [0.1, 0.15) is 17.0 Å². The van der Waals surface area contributed by atoms with Gasteiger partial charge in [-0.2, -0.15) is 0 Å². The van der Waals surface area contributed by atoms with Crippen molar-refractivity contribution >= 4 is 27.7 Å². The minimum Gasteiger partial charge on any atom is -0.274 e. The van der Waals surface area contributed by atoms with Crippen molar-refractivity contribution in [2.75, 3.05) is 0 Å². The lowest BCUT2D eigenvalue weighted by atomic mass is 10.1. The Morgan fingerprint density at radius 1 is 0.714 bits per heavy atom. The Bertz CT molecular complexity index is 1010. The molecule has 0 N–H and O–H groups in total. The summed E-state index contributed by atoms with van der Waals surface area (Å²) in [6.45, 7) is 0. The third-order valence-electron chi connectivity index (χ3n) is 4.48. The fourth-order valence-corrected chi connectivity index (χ4v) is 4.21. The number of para-hydroxylation sites is 1. The third kappa shape index (κ3) is 4.72. The van der Waals surface area contributed by atoms with E-state index in [1.807, 2.05) is 12.1 Å². The van der Waals surface area contributed by atoms with Crippen LogP contribution in [-0.2, 0) is 18.6 Å². The molecule has 0 spiro atoms. The highest BCUT2D eigenvalue weighted by Gasteiger charge is 2.14. The molecule has 5 heteroatoms. The SMILES string of the molecule is Brc1ccc(CSc2nnc(CCc3ccccc3)n2-c2ccccc2)cc1. The van der Waals surface area contributed by atoms with E-state index in [1.54, 1.807) is 11.8 Å². The van der Waals surface area contributed by atoms with Crippen LogP contribution in [0.3, 0.4) is 0 Å². The van der Waals surface area contributed by atoms with E-state index in [9.17, 15) is 0 Å². The summed E-state index contributed by atoms with van der Waals surface area (Å²) in [5.74, 6) is 1.85. The highest BCUT2D eigenvalue weighted by molar-refractivity contribution is 9.10. The molecule has 0 saturated heterocycles. The number of rotatable bonds is 7. The van der Waals surface area contributed by atoms with Crippen LogP contribution >= 0.6 is 27.7 Å². The van der Waals surface area contributed by atoms with Gasteiger partial charge in [-0.05, 0) is 41.8 Å². The van der Waals surface area contributed by atoms with Crippen LogP contribution in [0, 0.1) is 0 Å². The molecule has 3 aromatic carbocycles. The molecule has 4 aromatic rings. The van der Waals surface area contributed by atoms with Gasteiger partial charge >= 0.3 is 0 Å². The van der Waals surface area contributed by atoms with E-state index in [0.29, 0.717) is 0 Å². The van der Waals surface area contributed by atoms with Crippen LogP contribution in [0.5, 0.6) is 0 Å². The maximum Gasteiger partial charge on any atom is 0.196 e. The lowest BCUT2D eigenvalue weighted by Crippen LogP contribution is -2.04. The first-order chi connectivity index (χ1) is 13.8. The third-order valence-corrected chi connectivity index (χ3v) is 6.00. The molecule has 0 bridgehead atoms. The van der Waals surface area contributed by atoms with E-state index in [1.165, 1.54) is 11.1 Å². The second-order valence-corrected chi connectivity index (χ2v) is 8.33. The van der Waals surface area contributed by atoms with Crippen LogP contribution in [0.2, 0.25) is 0 Å². The number of thioether (sulfide) groups is 1. The van der Waals surface area contributed by atoms with Crippen LogP contribution < -0.4 is 0 Å². The van der Waals surface area contributed by atoms with Gasteiger partial charge in [0.25, 0.3) is 0 Å². The number of halogens is 1. The van der Waals surface area contributed by atoms with Crippen molar-refractivity contribution in [3.05, 3.63) is 106 Å². The van der Waals surface area contributed by atoms with E-state index in [-0.39, 0.29) is 0 Å². The topological polar surface area (TPSA) is 30.7 Å². The molecule has 28 heavy (non-hydrogen) atoms. The Labute approximate surface area is 178 Å². The van der Waals surface area contributed by atoms with Crippen LogP contribution in [-0.4, -0.2) is 14.8 Å². The minimum atomic E-state index is 0.852. The summed E-state index contributed by atoms with van der Waals surface area (Å²) in [5.41, 5.74) is 3.68. The van der Waals surface area contributed by atoms with Crippen molar-refractivity contribution in [1.29, 1.82) is 0 Å². The fourth-order valence-electron chi connectivity index (χ4n) is 3.02. The molecule has 3 nitrogen and oxygen atoms in total. The minimum absolute atomic E-state index is 0.852. The van der Waals surface area contributed by atoms with Gasteiger partial charge < -0.3 is 0 Å². The molecule has 0 atom stereocenters. The Kier molecular flexibility index (Phi) is 6.24. The summed E-state index contributed by atoms with van der Waals surface area (Å²) in [6, 6.07) is 29.3. The van der Waals surface area contributed by atoms with E-state index in [0.717, 1.165) is 39.7 Å². The van der Waals surface area contributed by atoms with Crippen molar-refractivity contribution in [3.63, 3.8) is 0 Å². The average molecular weight is 450 g/mol. The standard InChI is InChI=1S/C23H20BrN3S/c24-20-14-11-19(12-15-20)17-28-23-26-25-22(16-13-18-7-3-1-4-8-18)27(23)21-9-5-2-6-10-21/h1-12,14-15H,13,16-17H2. The van der Waals surface area contributed by atoms with Crippen molar-refractivity contribution < 1.29 is 0 Å². The van der Waals surface area contributed by atoms with Crippen LogP contribution in [0.4, 0.5) is 0 Å². The normalized spacial score (nSPS) is 10.9. The Morgan fingerprint density at radius 2 is 1.39 bits per heavy atom. The van der Waals surface area contributed by atoms with Gasteiger partial charge in [0.1, 0.15) is 5.82 Å². The number of aryl methyl sites for hydroxylation is 2. The van der Waals surface area contributed by atoms with Gasteiger partial charge in [0.05, 0.1) is 0 Å². The molecular weight excluding hydrogens is 430 g/mol. The van der Waals surface area contributed by atoms with Gasteiger partial charge in [0, 0.05) is 22.3 Å². The lowest BCUT2D eigenvalue weighted by molar-refractivity contribution is 0.798. The summed E-state index contributed by atoms with van der Waals surface area (Å²) in [6.07, 6.45) is 1.80. The second-order valence-electron chi connectivity index (χ2n) is 6.47. The molecule has 0 radical (unpaired) electrons. The number of benzene rings is 3. The first-order valence-corrected chi connectivity index (χ1v) is 11.0. The molecule has 0 aliphatic rings. The average Bonchev–Trinajstić information content (AvgIpc) is 3.16. The number of hydrogen-bond acceptors (Lipinski definition) is 3. The molecular formula is C23H20BrN3S. The summed E-state index contributed by atoms with van der Waals surface area (Å²) < 4.78 is 3.28. The monoisotopic (exact) mass is 449 g/mol.